The fourth-order valence-corrected chi connectivity index (χ4v) is 5.17. The lowest BCUT2D eigenvalue weighted by atomic mass is 9.96. The van der Waals surface area contributed by atoms with Crippen molar-refractivity contribution >= 4 is 15.9 Å². The molecule has 1 amide bonds. The topological polar surface area (TPSA) is 79.4 Å². The summed E-state index contributed by atoms with van der Waals surface area (Å²) in [5.74, 6) is -0.606. The van der Waals surface area contributed by atoms with Gasteiger partial charge in [0.15, 0.2) is 0 Å². The molecule has 1 aliphatic heterocycles. The third-order valence-electron chi connectivity index (χ3n) is 5.20. The number of piperidine rings is 1. The van der Waals surface area contributed by atoms with Gasteiger partial charge in [-0.3, -0.25) is 9.78 Å². The molecule has 0 saturated carbocycles. The van der Waals surface area contributed by atoms with Crippen LogP contribution < -0.4 is 5.32 Å². The molecule has 2 heterocycles. The molecular weight excluding hydrogens is 419 g/mol. The number of amides is 1. The second-order valence-corrected chi connectivity index (χ2v) is 9.09. The van der Waals surface area contributed by atoms with Gasteiger partial charge in [-0.15, -0.1) is 0 Å². The first-order chi connectivity index (χ1) is 14.1. The van der Waals surface area contributed by atoms with E-state index in [0.717, 1.165) is 28.1 Å². The molecule has 10 heteroatoms. The lowest BCUT2D eigenvalue weighted by molar-refractivity contribution is -0.139. The summed E-state index contributed by atoms with van der Waals surface area (Å²) in [6, 6.07) is 7.49. The Hall–Kier alpha value is -2.46. The Bertz CT molecular complexity index is 989. The van der Waals surface area contributed by atoms with Crippen molar-refractivity contribution in [1.29, 1.82) is 0 Å². The molecule has 1 N–H and O–H groups in total. The lowest BCUT2D eigenvalue weighted by Crippen LogP contribution is -2.43. The second kappa shape index (κ2) is 8.73. The first-order valence-electron chi connectivity index (χ1n) is 9.47. The number of nitrogens with one attached hydrogen (secondary N) is 1. The highest BCUT2D eigenvalue weighted by atomic mass is 32.2. The molecule has 0 bridgehead atoms. The summed E-state index contributed by atoms with van der Waals surface area (Å²) in [7, 11) is -4.32. The number of pyridine rings is 1. The van der Waals surface area contributed by atoms with Crippen LogP contribution in [0.5, 0.6) is 0 Å². The minimum Gasteiger partial charge on any atom is -0.349 e. The zero-order valence-corrected chi connectivity index (χ0v) is 17.1. The van der Waals surface area contributed by atoms with E-state index in [2.05, 4.69) is 10.3 Å². The zero-order chi connectivity index (χ0) is 21.9. The number of sulfonamides is 1. The van der Waals surface area contributed by atoms with Gasteiger partial charge in [-0.05, 0) is 49.6 Å². The molecule has 0 spiro atoms. The van der Waals surface area contributed by atoms with Crippen LogP contribution in [0, 0.1) is 5.92 Å². The number of carbonyl (C=O) groups excluding carboxylic acids is 1. The second-order valence-electron chi connectivity index (χ2n) is 7.18. The lowest BCUT2D eigenvalue weighted by Gasteiger charge is -2.31. The Morgan fingerprint density at radius 1 is 1.13 bits per heavy atom. The highest BCUT2D eigenvalue weighted by Crippen LogP contribution is 2.36. The minimum atomic E-state index is -4.77. The number of carbonyl (C=O) groups is 1. The molecule has 1 atom stereocenters. The van der Waals surface area contributed by atoms with Gasteiger partial charge in [-0.25, -0.2) is 8.42 Å². The van der Waals surface area contributed by atoms with Crippen LogP contribution in [-0.4, -0.2) is 36.7 Å². The number of hydrogen-bond acceptors (Lipinski definition) is 4. The van der Waals surface area contributed by atoms with E-state index in [1.807, 2.05) is 6.92 Å². The van der Waals surface area contributed by atoms with Crippen LogP contribution in [0.2, 0.25) is 0 Å². The Balaban J connectivity index is 1.66. The van der Waals surface area contributed by atoms with Gasteiger partial charge in [0.1, 0.15) is 0 Å². The van der Waals surface area contributed by atoms with Crippen molar-refractivity contribution in [3.05, 3.63) is 59.9 Å². The number of nitrogens with zero attached hydrogens (tertiary/aromatic N) is 2. The number of rotatable bonds is 5. The maximum atomic E-state index is 13.2. The maximum Gasteiger partial charge on any atom is 0.417 e. The van der Waals surface area contributed by atoms with Crippen molar-refractivity contribution in [3.8, 4) is 0 Å². The number of benzene rings is 1. The summed E-state index contributed by atoms with van der Waals surface area (Å²) < 4.78 is 66.4. The molecule has 1 saturated heterocycles. The molecule has 6 nitrogen and oxygen atoms in total. The largest absolute Gasteiger partial charge is 0.417 e. The van der Waals surface area contributed by atoms with Crippen LogP contribution in [0.4, 0.5) is 13.2 Å². The van der Waals surface area contributed by atoms with Crippen molar-refractivity contribution in [1.82, 2.24) is 14.6 Å². The van der Waals surface area contributed by atoms with E-state index < -0.39 is 32.6 Å². The van der Waals surface area contributed by atoms with Gasteiger partial charge in [0, 0.05) is 31.4 Å². The van der Waals surface area contributed by atoms with Gasteiger partial charge in [-0.2, -0.15) is 17.5 Å². The highest BCUT2D eigenvalue weighted by molar-refractivity contribution is 7.89. The summed E-state index contributed by atoms with van der Waals surface area (Å²) in [4.78, 5) is 15.7. The van der Waals surface area contributed by atoms with E-state index >= 15 is 0 Å². The number of alkyl halides is 3. The monoisotopic (exact) mass is 441 g/mol. The molecule has 0 aliphatic carbocycles. The van der Waals surface area contributed by atoms with E-state index in [4.69, 9.17) is 0 Å². The molecule has 0 radical (unpaired) electrons. The van der Waals surface area contributed by atoms with Crippen molar-refractivity contribution < 1.29 is 26.4 Å². The predicted molar refractivity (Wildman–Crippen MR) is 104 cm³/mol. The average Bonchev–Trinajstić information content (AvgIpc) is 2.74. The zero-order valence-electron chi connectivity index (χ0n) is 16.3. The molecule has 162 valence electrons. The molecule has 3 rings (SSSR count). The van der Waals surface area contributed by atoms with Crippen LogP contribution in [0.25, 0.3) is 0 Å². The van der Waals surface area contributed by atoms with Gasteiger partial charge in [0.05, 0.1) is 16.5 Å². The fraction of sp³-hybridized carbons (Fsp3) is 0.400. The average molecular weight is 441 g/mol. The predicted octanol–water partition coefficient (Wildman–Crippen LogP) is 3.38. The van der Waals surface area contributed by atoms with E-state index in [1.165, 1.54) is 6.07 Å². The molecule has 1 aromatic heterocycles. The molecule has 2 aromatic rings. The molecule has 1 unspecified atom stereocenters. The van der Waals surface area contributed by atoms with E-state index in [9.17, 15) is 26.4 Å². The minimum absolute atomic E-state index is 0.0176. The fourth-order valence-electron chi connectivity index (χ4n) is 3.49. The molecule has 30 heavy (non-hydrogen) atoms. The molecular formula is C20H22F3N3O3S. The summed E-state index contributed by atoms with van der Waals surface area (Å²) in [6.45, 7) is 1.80. The van der Waals surface area contributed by atoms with E-state index in [0.29, 0.717) is 0 Å². The van der Waals surface area contributed by atoms with Gasteiger partial charge >= 0.3 is 6.18 Å². The Morgan fingerprint density at radius 2 is 1.73 bits per heavy atom. The Labute approximate surface area is 173 Å². The first-order valence-corrected chi connectivity index (χ1v) is 10.9. The van der Waals surface area contributed by atoms with Crippen molar-refractivity contribution in [3.63, 3.8) is 0 Å². The number of aromatic nitrogens is 1. The summed E-state index contributed by atoms with van der Waals surface area (Å²) >= 11 is 0. The van der Waals surface area contributed by atoms with E-state index in [-0.39, 0.29) is 37.9 Å². The normalized spacial score (nSPS) is 17.5. The maximum absolute atomic E-state index is 13.2. The van der Waals surface area contributed by atoms with Crippen molar-refractivity contribution in [2.24, 2.45) is 5.92 Å². The number of halogens is 3. The summed E-state index contributed by atoms with van der Waals surface area (Å²) in [5.41, 5.74) is -0.293. The van der Waals surface area contributed by atoms with Crippen molar-refractivity contribution in [2.45, 2.75) is 36.9 Å². The quantitative estimate of drug-likeness (QED) is 0.772. The van der Waals surface area contributed by atoms with Crippen molar-refractivity contribution in [2.75, 3.05) is 13.1 Å². The highest BCUT2D eigenvalue weighted by Gasteiger charge is 2.40. The van der Waals surface area contributed by atoms with Gasteiger partial charge in [0.25, 0.3) is 0 Å². The Kier molecular flexibility index (Phi) is 6.47. The van der Waals surface area contributed by atoms with Crippen LogP contribution >= 0.6 is 0 Å². The number of hydrogen-bond donors (Lipinski definition) is 1. The van der Waals surface area contributed by atoms with E-state index in [1.54, 1.807) is 24.5 Å². The van der Waals surface area contributed by atoms with Crippen LogP contribution in [0.1, 0.15) is 36.9 Å². The standard InChI is InChI=1S/C20H22F3N3O3S/c1-14(15-6-10-24-11-7-15)25-19(27)16-8-12-26(13-9-16)30(28,29)18-5-3-2-4-17(18)20(21,22)23/h2-7,10-11,14,16H,8-9,12-13H2,1H3,(H,25,27). The first kappa shape index (κ1) is 22.2. The third-order valence-corrected chi connectivity index (χ3v) is 7.16. The summed E-state index contributed by atoms with van der Waals surface area (Å²) in [5, 5.41) is 2.90. The van der Waals surface area contributed by atoms with Gasteiger partial charge in [-0.1, -0.05) is 12.1 Å². The SMILES string of the molecule is CC(NC(=O)C1CCN(S(=O)(=O)c2ccccc2C(F)(F)F)CC1)c1ccncc1. The van der Waals surface area contributed by atoms with Crippen LogP contribution in [-0.2, 0) is 21.0 Å². The smallest absolute Gasteiger partial charge is 0.349 e. The van der Waals surface area contributed by atoms with Crippen LogP contribution in [0.15, 0.2) is 53.7 Å². The molecule has 1 aliphatic rings. The van der Waals surface area contributed by atoms with Gasteiger partial charge < -0.3 is 5.32 Å². The summed E-state index contributed by atoms with van der Waals surface area (Å²) in [6.07, 6.45) is -1.05. The van der Waals surface area contributed by atoms with Crippen LogP contribution in [0.3, 0.4) is 0 Å². The molecule has 1 aromatic carbocycles. The van der Waals surface area contributed by atoms with Gasteiger partial charge in [0.2, 0.25) is 15.9 Å². The molecule has 1 fully saturated rings. The third kappa shape index (κ3) is 4.81. The Morgan fingerprint density at radius 3 is 2.33 bits per heavy atom.